The third-order valence-corrected chi connectivity index (χ3v) is 2.61. The number of pyridine rings is 1. The van der Waals surface area contributed by atoms with Crippen molar-refractivity contribution in [2.24, 2.45) is 0 Å². The van der Waals surface area contributed by atoms with Crippen LogP contribution in [0.1, 0.15) is 11.1 Å². The maximum atomic E-state index is 13.7. The molecule has 1 N–H and O–H groups in total. The molecule has 2 rings (SSSR count). The molecule has 0 aliphatic carbocycles. The molecular formula is C13H11FN2O4. The van der Waals surface area contributed by atoms with E-state index in [1.54, 1.807) is 13.0 Å². The van der Waals surface area contributed by atoms with E-state index in [1.807, 2.05) is 0 Å². The number of nitro groups is 1. The zero-order chi connectivity index (χ0) is 14.7. The predicted molar refractivity (Wildman–Crippen MR) is 68.0 cm³/mol. The molecule has 0 fully saturated rings. The Morgan fingerprint density at radius 1 is 1.50 bits per heavy atom. The number of para-hydroxylation sites is 1. The van der Waals surface area contributed by atoms with Gasteiger partial charge in [-0.25, -0.2) is 9.37 Å². The normalized spacial score (nSPS) is 10.3. The minimum Gasteiger partial charge on any atom is -0.428 e. The molecule has 0 atom stereocenters. The molecule has 0 aliphatic rings. The van der Waals surface area contributed by atoms with Gasteiger partial charge in [0.05, 0.1) is 11.5 Å². The van der Waals surface area contributed by atoms with Crippen LogP contribution in [-0.2, 0) is 6.61 Å². The highest BCUT2D eigenvalue weighted by Crippen LogP contribution is 2.34. The van der Waals surface area contributed by atoms with Gasteiger partial charge in [0.25, 0.3) is 0 Å². The Morgan fingerprint density at radius 3 is 2.85 bits per heavy atom. The van der Waals surface area contributed by atoms with Crippen molar-refractivity contribution in [3.63, 3.8) is 0 Å². The highest BCUT2D eigenvalue weighted by Gasteiger charge is 2.21. The minimum atomic E-state index is -0.841. The Balaban J connectivity index is 2.42. The number of aromatic nitrogens is 1. The second-order valence-corrected chi connectivity index (χ2v) is 4.07. The molecule has 0 radical (unpaired) electrons. The van der Waals surface area contributed by atoms with Gasteiger partial charge in [0.1, 0.15) is 0 Å². The number of aliphatic hydroxyl groups excluding tert-OH is 1. The van der Waals surface area contributed by atoms with Crippen LogP contribution in [0.25, 0.3) is 0 Å². The first kappa shape index (κ1) is 13.9. The summed E-state index contributed by atoms with van der Waals surface area (Å²) in [5.41, 5.74) is 0.629. The molecule has 0 amide bonds. The van der Waals surface area contributed by atoms with E-state index in [1.165, 1.54) is 12.3 Å². The third-order valence-electron chi connectivity index (χ3n) is 2.61. The molecule has 1 heterocycles. The average Bonchev–Trinajstić information content (AvgIpc) is 2.42. The highest BCUT2D eigenvalue weighted by atomic mass is 19.1. The predicted octanol–water partition coefficient (Wildman–Crippen LogP) is 2.72. The zero-order valence-corrected chi connectivity index (χ0v) is 10.5. The van der Waals surface area contributed by atoms with E-state index in [2.05, 4.69) is 4.98 Å². The van der Waals surface area contributed by atoms with Crippen LogP contribution in [0.3, 0.4) is 0 Å². The van der Waals surface area contributed by atoms with Crippen molar-refractivity contribution in [1.82, 2.24) is 4.98 Å². The van der Waals surface area contributed by atoms with Crippen LogP contribution >= 0.6 is 0 Å². The number of nitro benzene ring substituents is 1. The van der Waals surface area contributed by atoms with Crippen LogP contribution in [0.5, 0.6) is 11.6 Å². The van der Waals surface area contributed by atoms with Gasteiger partial charge >= 0.3 is 5.69 Å². The van der Waals surface area contributed by atoms with Gasteiger partial charge in [0.2, 0.25) is 11.6 Å². The molecule has 20 heavy (non-hydrogen) atoms. The number of rotatable bonds is 4. The molecule has 0 saturated carbocycles. The number of hydrogen-bond donors (Lipinski definition) is 1. The minimum absolute atomic E-state index is 0.0513. The lowest BCUT2D eigenvalue weighted by Gasteiger charge is -2.09. The number of hydrogen-bond acceptors (Lipinski definition) is 5. The van der Waals surface area contributed by atoms with E-state index < -0.39 is 22.2 Å². The quantitative estimate of drug-likeness (QED) is 0.686. The Kier molecular flexibility index (Phi) is 3.90. The first-order valence-corrected chi connectivity index (χ1v) is 5.70. The third kappa shape index (κ3) is 2.72. The van der Waals surface area contributed by atoms with Crippen molar-refractivity contribution in [3.8, 4) is 11.6 Å². The molecular weight excluding hydrogens is 267 g/mol. The van der Waals surface area contributed by atoms with Crippen molar-refractivity contribution in [3.05, 3.63) is 57.5 Å². The van der Waals surface area contributed by atoms with Crippen LogP contribution in [0.2, 0.25) is 0 Å². The van der Waals surface area contributed by atoms with E-state index in [-0.39, 0.29) is 12.5 Å². The summed E-state index contributed by atoms with van der Waals surface area (Å²) >= 11 is 0. The second-order valence-electron chi connectivity index (χ2n) is 4.07. The lowest BCUT2D eigenvalue weighted by atomic mass is 10.2. The zero-order valence-electron chi connectivity index (χ0n) is 10.5. The summed E-state index contributed by atoms with van der Waals surface area (Å²) in [5.74, 6) is -1.27. The Hall–Kier alpha value is -2.54. The number of aliphatic hydroxyl groups is 1. The summed E-state index contributed by atoms with van der Waals surface area (Å²) in [7, 11) is 0. The number of ether oxygens (including phenoxy) is 1. The number of halogens is 1. The van der Waals surface area contributed by atoms with Crippen LogP contribution in [-0.4, -0.2) is 15.0 Å². The van der Waals surface area contributed by atoms with E-state index >= 15 is 0 Å². The van der Waals surface area contributed by atoms with Gasteiger partial charge in [-0.1, -0.05) is 6.07 Å². The molecule has 104 valence electrons. The van der Waals surface area contributed by atoms with E-state index in [9.17, 15) is 14.5 Å². The first-order chi connectivity index (χ1) is 9.52. The molecule has 0 aliphatic heterocycles. The number of nitrogens with zero attached hydrogens (tertiary/aromatic N) is 2. The molecule has 7 heteroatoms. The molecule has 0 bridgehead atoms. The highest BCUT2D eigenvalue weighted by molar-refractivity contribution is 5.49. The van der Waals surface area contributed by atoms with Crippen LogP contribution < -0.4 is 4.74 Å². The van der Waals surface area contributed by atoms with Crippen LogP contribution in [0.4, 0.5) is 10.1 Å². The first-order valence-electron chi connectivity index (χ1n) is 5.70. The molecule has 1 aromatic heterocycles. The van der Waals surface area contributed by atoms with Gasteiger partial charge in [-0.05, 0) is 24.6 Å². The smallest absolute Gasteiger partial charge is 0.314 e. The molecule has 6 nitrogen and oxygen atoms in total. The monoisotopic (exact) mass is 278 g/mol. The fourth-order valence-electron chi connectivity index (χ4n) is 1.65. The molecule has 0 unspecified atom stereocenters. The van der Waals surface area contributed by atoms with Crippen molar-refractivity contribution in [2.75, 3.05) is 0 Å². The van der Waals surface area contributed by atoms with Crippen LogP contribution in [0.15, 0.2) is 30.5 Å². The van der Waals surface area contributed by atoms with Gasteiger partial charge < -0.3 is 9.84 Å². The summed E-state index contributed by atoms with van der Waals surface area (Å²) in [6, 6.07) is 5.06. The SMILES string of the molecule is Cc1cc(CO)cnc1Oc1c(F)cccc1[N+](=O)[O-]. The van der Waals surface area contributed by atoms with Gasteiger partial charge in [-0.3, -0.25) is 10.1 Å². The second kappa shape index (κ2) is 5.62. The summed E-state index contributed by atoms with van der Waals surface area (Å²) in [6.07, 6.45) is 1.36. The van der Waals surface area contributed by atoms with Gasteiger partial charge in [0, 0.05) is 17.8 Å². The molecule has 1 aromatic carbocycles. The maximum absolute atomic E-state index is 13.7. The number of aryl methyl sites for hydroxylation is 1. The van der Waals surface area contributed by atoms with Crippen molar-refractivity contribution in [1.29, 1.82) is 0 Å². The topological polar surface area (TPSA) is 85.5 Å². The van der Waals surface area contributed by atoms with Crippen molar-refractivity contribution in [2.45, 2.75) is 13.5 Å². The summed E-state index contributed by atoms with van der Waals surface area (Å²) < 4.78 is 18.9. The van der Waals surface area contributed by atoms with Crippen molar-refractivity contribution >= 4 is 5.69 Å². The lowest BCUT2D eigenvalue weighted by molar-refractivity contribution is -0.385. The molecule has 0 spiro atoms. The fraction of sp³-hybridized carbons (Fsp3) is 0.154. The molecule has 0 saturated heterocycles. The molecule has 2 aromatic rings. The largest absolute Gasteiger partial charge is 0.428 e. The van der Waals surface area contributed by atoms with Crippen molar-refractivity contribution < 1.29 is 19.2 Å². The van der Waals surface area contributed by atoms with Gasteiger partial charge in [0.15, 0.2) is 5.82 Å². The van der Waals surface area contributed by atoms with E-state index in [4.69, 9.17) is 9.84 Å². The summed E-state index contributed by atoms with van der Waals surface area (Å²) in [5, 5.41) is 19.8. The standard InChI is InChI=1S/C13H11FN2O4/c1-8-5-9(7-17)6-15-13(8)20-12-10(14)3-2-4-11(12)16(18)19/h2-6,17H,7H2,1H3. The summed E-state index contributed by atoms with van der Waals surface area (Å²) in [4.78, 5) is 14.0. The van der Waals surface area contributed by atoms with Gasteiger partial charge in [-0.2, -0.15) is 0 Å². The Bertz CT molecular complexity index is 661. The maximum Gasteiger partial charge on any atom is 0.314 e. The van der Waals surface area contributed by atoms with Crippen LogP contribution in [0, 0.1) is 22.9 Å². The average molecular weight is 278 g/mol. The fourth-order valence-corrected chi connectivity index (χ4v) is 1.65. The Morgan fingerprint density at radius 2 is 2.25 bits per heavy atom. The van der Waals surface area contributed by atoms with Gasteiger partial charge in [-0.15, -0.1) is 0 Å². The van der Waals surface area contributed by atoms with E-state index in [0.29, 0.717) is 11.1 Å². The lowest BCUT2D eigenvalue weighted by Crippen LogP contribution is -1.99. The Labute approximate surface area is 113 Å². The van der Waals surface area contributed by atoms with E-state index in [0.717, 1.165) is 12.1 Å². The summed E-state index contributed by atoms with van der Waals surface area (Å²) in [6.45, 7) is 1.46. The number of benzene rings is 1.